The molecule has 0 spiro atoms. The van der Waals surface area contributed by atoms with Crippen LogP contribution in [0.3, 0.4) is 0 Å². The highest BCUT2D eigenvalue weighted by Crippen LogP contribution is 2.30. The van der Waals surface area contributed by atoms with Crippen LogP contribution in [0.5, 0.6) is 0 Å². The Bertz CT molecular complexity index is 1170. The van der Waals surface area contributed by atoms with E-state index in [9.17, 15) is 13.2 Å². The molecule has 0 unspecified atom stereocenters. The van der Waals surface area contributed by atoms with Crippen LogP contribution in [0.2, 0.25) is 5.02 Å². The number of carbonyl (C=O) groups is 1. The number of sulfone groups is 1. The molecule has 0 aliphatic rings. The Morgan fingerprint density at radius 2 is 1.55 bits per heavy atom. The SMILES string of the molecule is Cc1ccc(Sc2ccc(NC(=O)c3cc(S(C)(=O)=O)ccc3Cl)cc2)cc1C. The van der Waals surface area contributed by atoms with E-state index in [2.05, 4.69) is 37.4 Å². The quantitative estimate of drug-likeness (QED) is 0.542. The molecule has 3 aromatic rings. The topological polar surface area (TPSA) is 63.2 Å². The molecule has 0 saturated carbocycles. The van der Waals surface area contributed by atoms with Crippen molar-refractivity contribution < 1.29 is 13.2 Å². The lowest BCUT2D eigenvalue weighted by atomic mass is 10.1. The molecule has 3 aromatic carbocycles. The van der Waals surface area contributed by atoms with E-state index in [1.165, 1.54) is 29.3 Å². The van der Waals surface area contributed by atoms with Gasteiger partial charge in [0.25, 0.3) is 5.91 Å². The molecule has 1 N–H and O–H groups in total. The van der Waals surface area contributed by atoms with Crippen LogP contribution in [0.1, 0.15) is 21.5 Å². The number of aryl methyl sites for hydroxylation is 2. The number of carbonyl (C=O) groups excluding carboxylic acids is 1. The Balaban J connectivity index is 1.74. The second kappa shape index (κ2) is 8.61. The molecule has 0 bridgehead atoms. The van der Waals surface area contributed by atoms with E-state index < -0.39 is 15.7 Å². The number of halogens is 1. The third kappa shape index (κ3) is 5.41. The van der Waals surface area contributed by atoms with Gasteiger partial charge in [-0.3, -0.25) is 4.79 Å². The predicted octanol–water partition coefficient (Wildman–Crippen LogP) is 5.76. The largest absolute Gasteiger partial charge is 0.322 e. The average Bonchev–Trinajstić information content (AvgIpc) is 2.65. The van der Waals surface area contributed by atoms with Gasteiger partial charge in [0.1, 0.15) is 0 Å². The predicted molar refractivity (Wildman–Crippen MR) is 119 cm³/mol. The lowest BCUT2D eigenvalue weighted by Crippen LogP contribution is -2.13. The van der Waals surface area contributed by atoms with Gasteiger partial charge in [-0.25, -0.2) is 8.42 Å². The van der Waals surface area contributed by atoms with Crippen LogP contribution in [0.4, 0.5) is 5.69 Å². The van der Waals surface area contributed by atoms with Gasteiger partial charge in [0.05, 0.1) is 15.5 Å². The Morgan fingerprint density at radius 1 is 0.897 bits per heavy atom. The minimum absolute atomic E-state index is 0.0483. The van der Waals surface area contributed by atoms with Crippen molar-refractivity contribution in [1.82, 2.24) is 0 Å². The molecule has 0 radical (unpaired) electrons. The van der Waals surface area contributed by atoms with Gasteiger partial charge in [0, 0.05) is 21.7 Å². The highest BCUT2D eigenvalue weighted by atomic mass is 35.5. The number of benzene rings is 3. The summed E-state index contributed by atoms with van der Waals surface area (Å²) in [5, 5.41) is 2.95. The molecular formula is C22H20ClNO3S2. The van der Waals surface area contributed by atoms with Gasteiger partial charge in [-0.05, 0) is 79.6 Å². The summed E-state index contributed by atoms with van der Waals surface area (Å²) >= 11 is 7.73. The zero-order valence-corrected chi connectivity index (χ0v) is 18.6. The Kier molecular flexibility index (Phi) is 6.36. The number of amides is 1. The van der Waals surface area contributed by atoms with Crippen molar-refractivity contribution in [3.63, 3.8) is 0 Å². The number of hydrogen-bond acceptors (Lipinski definition) is 4. The summed E-state index contributed by atoms with van der Waals surface area (Å²) in [4.78, 5) is 14.8. The lowest BCUT2D eigenvalue weighted by Gasteiger charge is -2.09. The van der Waals surface area contributed by atoms with Crippen LogP contribution in [0.15, 0.2) is 75.4 Å². The molecule has 0 fully saturated rings. The molecule has 7 heteroatoms. The van der Waals surface area contributed by atoms with Crippen molar-refractivity contribution in [1.29, 1.82) is 0 Å². The maximum Gasteiger partial charge on any atom is 0.257 e. The van der Waals surface area contributed by atoms with Gasteiger partial charge in [0.2, 0.25) is 0 Å². The van der Waals surface area contributed by atoms with Crippen LogP contribution in [-0.2, 0) is 9.84 Å². The normalized spacial score (nSPS) is 11.3. The van der Waals surface area contributed by atoms with Crippen molar-refractivity contribution in [2.75, 3.05) is 11.6 Å². The van der Waals surface area contributed by atoms with Gasteiger partial charge >= 0.3 is 0 Å². The second-order valence-electron chi connectivity index (χ2n) is 6.74. The van der Waals surface area contributed by atoms with E-state index in [0.29, 0.717) is 5.69 Å². The third-order valence-corrected chi connectivity index (χ3v) is 6.87. The van der Waals surface area contributed by atoms with Gasteiger partial charge in [0.15, 0.2) is 9.84 Å². The molecule has 3 rings (SSSR count). The number of hydrogen-bond donors (Lipinski definition) is 1. The van der Waals surface area contributed by atoms with Crippen LogP contribution in [-0.4, -0.2) is 20.6 Å². The summed E-state index contributed by atoms with van der Waals surface area (Å²) in [6.45, 7) is 4.17. The van der Waals surface area contributed by atoms with E-state index in [4.69, 9.17) is 11.6 Å². The van der Waals surface area contributed by atoms with E-state index in [0.717, 1.165) is 16.0 Å². The summed E-state index contributed by atoms with van der Waals surface area (Å²) in [6.07, 6.45) is 1.09. The van der Waals surface area contributed by atoms with Crippen LogP contribution in [0.25, 0.3) is 0 Å². The summed E-state index contributed by atoms with van der Waals surface area (Å²) in [5.74, 6) is -0.463. The minimum atomic E-state index is -3.43. The van der Waals surface area contributed by atoms with Crippen molar-refractivity contribution in [3.05, 3.63) is 82.4 Å². The lowest BCUT2D eigenvalue weighted by molar-refractivity contribution is 0.102. The fourth-order valence-electron chi connectivity index (χ4n) is 2.63. The zero-order chi connectivity index (χ0) is 21.2. The second-order valence-corrected chi connectivity index (χ2v) is 10.3. The number of anilines is 1. The van der Waals surface area contributed by atoms with Crippen LogP contribution in [0, 0.1) is 13.8 Å². The molecule has 0 saturated heterocycles. The Hall–Kier alpha value is -2.28. The first-order valence-corrected chi connectivity index (χ1v) is 11.9. The highest BCUT2D eigenvalue weighted by Gasteiger charge is 2.15. The zero-order valence-electron chi connectivity index (χ0n) is 16.2. The first kappa shape index (κ1) is 21.4. The Morgan fingerprint density at radius 3 is 2.17 bits per heavy atom. The maximum atomic E-state index is 12.6. The highest BCUT2D eigenvalue weighted by molar-refractivity contribution is 7.99. The summed E-state index contributed by atoms with van der Waals surface area (Å²) in [6, 6.07) is 17.9. The third-order valence-electron chi connectivity index (χ3n) is 4.44. The molecule has 150 valence electrons. The van der Waals surface area contributed by atoms with Crippen molar-refractivity contribution in [2.24, 2.45) is 0 Å². The fourth-order valence-corrected chi connectivity index (χ4v) is 4.39. The minimum Gasteiger partial charge on any atom is -0.322 e. The van der Waals surface area contributed by atoms with Crippen molar-refractivity contribution in [2.45, 2.75) is 28.5 Å². The first-order valence-electron chi connectivity index (χ1n) is 8.79. The maximum absolute atomic E-state index is 12.6. The monoisotopic (exact) mass is 445 g/mol. The molecule has 0 atom stereocenters. The summed E-state index contributed by atoms with van der Waals surface area (Å²) < 4.78 is 23.5. The standard InChI is InChI=1S/C22H20ClNO3S2/c1-14-4-7-18(12-15(14)2)28-17-8-5-16(6-9-17)24-22(25)20-13-19(29(3,26)27)10-11-21(20)23/h4-13H,1-3H3,(H,24,25). The molecule has 0 aliphatic carbocycles. The van der Waals surface area contributed by atoms with Gasteiger partial charge < -0.3 is 5.32 Å². The molecule has 0 heterocycles. The molecule has 0 aliphatic heterocycles. The van der Waals surface area contributed by atoms with E-state index >= 15 is 0 Å². The smallest absolute Gasteiger partial charge is 0.257 e. The van der Waals surface area contributed by atoms with E-state index in [1.807, 2.05) is 12.1 Å². The molecule has 29 heavy (non-hydrogen) atoms. The van der Waals surface area contributed by atoms with Gasteiger partial charge in [-0.1, -0.05) is 29.4 Å². The number of rotatable bonds is 5. The average molecular weight is 446 g/mol. The number of nitrogens with one attached hydrogen (secondary N) is 1. The molecular weight excluding hydrogens is 426 g/mol. The van der Waals surface area contributed by atoms with Gasteiger partial charge in [-0.2, -0.15) is 0 Å². The van der Waals surface area contributed by atoms with Crippen LogP contribution >= 0.6 is 23.4 Å². The Labute approximate surface area is 180 Å². The van der Waals surface area contributed by atoms with Crippen molar-refractivity contribution >= 4 is 44.8 Å². The first-order chi connectivity index (χ1) is 13.6. The summed E-state index contributed by atoms with van der Waals surface area (Å²) in [7, 11) is -3.43. The molecule has 1 amide bonds. The molecule has 4 nitrogen and oxygen atoms in total. The van der Waals surface area contributed by atoms with Crippen LogP contribution < -0.4 is 5.32 Å². The van der Waals surface area contributed by atoms with E-state index in [1.54, 1.807) is 23.9 Å². The molecule has 0 aromatic heterocycles. The van der Waals surface area contributed by atoms with E-state index in [-0.39, 0.29) is 15.5 Å². The summed E-state index contributed by atoms with van der Waals surface area (Å²) in [5.41, 5.74) is 3.21. The van der Waals surface area contributed by atoms with Crippen molar-refractivity contribution in [3.8, 4) is 0 Å². The van der Waals surface area contributed by atoms with Gasteiger partial charge in [-0.15, -0.1) is 0 Å². The fraction of sp³-hybridized carbons (Fsp3) is 0.136.